The van der Waals surface area contributed by atoms with E-state index in [1.807, 2.05) is 24.5 Å². The van der Waals surface area contributed by atoms with Gasteiger partial charge in [0.05, 0.1) is 11.0 Å². The number of fused-ring (bicyclic) bond motifs is 2. The molecule has 0 aliphatic carbocycles. The Hall–Kier alpha value is -1.43. The molecule has 5 heteroatoms. The fraction of sp³-hybridized carbons (Fsp3) is 0. The first-order valence-electron chi connectivity index (χ1n) is 6.97. The van der Waals surface area contributed by atoms with Crippen LogP contribution in [0.4, 0.5) is 0 Å². The van der Waals surface area contributed by atoms with Gasteiger partial charge in [0.15, 0.2) is 0 Å². The summed E-state index contributed by atoms with van der Waals surface area (Å²) in [6.07, 6.45) is 3.72. The summed E-state index contributed by atoms with van der Waals surface area (Å²) in [6, 6.07) is 16.5. The summed E-state index contributed by atoms with van der Waals surface area (Å²) in [7, 11) is 0. The molecule has 0 saturated heterocycles. The molecular formula is C18H10Br2N2S. The van der Waals surface area contributed by atoms with Crippen molar-refractivity contribution < 1.29 is 0 Å². The number of rotatable bonds is 2. The van der Waals surface area contributed by atoms with Gasteiger partial charge in [-0.2, -0.15) is 0 Å². The molecular weight excluding hydrogens is 436 g/mol. The predicted octanol–water partition coefficient (Wildman–Crippen LogP) is 6.46. The average molecular weight is 446 g/mol. The van der Waals surface area contributed by atoms with Crippen molar-refractivity contribution in [3.63, 3.8) is 0 Å². The number of aromatic nitrogens is 2. The maximum Gasteiger partial charge on any atom is 0.0724 e. The Labute approximate surface area is 154 Å². The van der Waals surface area contributed by atoms with Crippen molar-refractivity contribution in [1.82, 2.24) is 9.97 Å². The molecule has 2 heterocycles. The number of hydrogen-bond donors (Lipinski definition) is 0. The molecule has 0 saturated carbocycles. The van der Waals surface area contributed by atoms with Crippen LogP contribution in [0.5, 0.6) is 0 Å². The van der Waals surface area contributed by atoms with Crippen molar-refractivity contribution >= 4 is 65.4 Å². The van der Waals surface area contributed by atoms with Crippen LogP contribution in [-0.4, -0.2) is 9.97 Å². The maximum atomic E-state index is 4.46. The highest BCUT2D eigenvalue weighted by molar-refractivity contribution is 9.10. The van der Waals surface area contributed by atoms with Crippen molar-refractivity contribution in [1.29, 1.82) is 0 Å². The Kier molecular flexibility index (Phi) is 4.09. The van der Waals surface area contributed by atoms with Crippen molar-refractivity contribution in [3.8, 4) is 0 Å². The first kappa shape index (κ1) is 15.1. The summed E-state index contributed by atoms with van der Waals surface area (Å²) in [5, 5.41) is 2.31. The lowest BCUT2D eigenvalue weighted by Crippen LogP contribution is -1.85. The van der Waals surface area contributed by atoms with Crippen LogP contribution in [0.15, 0.2) is 79.7 Å². The summed E-state index contributed by atoms with van der Waals surface area (Å²) in [6.45, 7) is 0. The molecule has 4 aromatic rings. The highest BCUT2D eigenvalue weighted by Gasteiger charge is 2.08. The summed E-state index contributed by atoms with van der Waals surface area (Å²) in [5.41, 5.74) is 1.98. The second kappa shape index (κ2) is 6.23. The lowest BCUT2D eigenvalue weighted by molar-refractivity contribution is 1.33. The molecule has 0 spiro atoms. The van der Waals surface area contributed by atoms with Crippen molar-refractivity contribution in [2.45, 2.75) is 9.79 Å². The van der Waals surface area contributed by atoms with Crippen LogP contribution in [0.25, 0.3) is 21.8 Å². The second-order valence-corrected chi connectivity index (χ2v) is 7.96. The first-order valence-corrected chi connectivity index (χ1v) is 9.37. The lowest BCUT2D eigenvalue weighted by Gasteiger charge is -2.09. The summed E-state index contributed by atoms with van der Waals surface area (Å²) < 4.78 is 2.08. The topological polar surface area (TPSA) is 25.8 Å². The smallest absolute Gasteiger partial charge is 0.0724 e. The number of hydrogen-bond acceptors (Lipinski definition) is 3. The van der Waals surface area contributed by atoms with E-state index in [1.54, 1.807) is 11.8 Å². The summed E-state index contributed by atoms with van der Waals surface area (Å²) in [5.74, 6) is 0. The third kappa shape index (κ3) is 3.01. The molecule has 4 rings (SSSR count). The van der Waals surface area contributed by atoms with E-state index in [4.69, 9.17) is 0 Å². The molecule has 0 aliphatic rings. The molecule has 0 atom stereocenters. The van der Waals surface area contributed by atoms with Crippen LogP contribution in [0, 0.1) is 0 Å². The Morgan fingerprint density at radius 2 is 1.13 bits per heavy atom. The van der Waals surface area contributed by atoms with E-state index < -0.39 is 0 Å². The largest absolute Gasteiger partial charge is 0.256 e. The zero-order chi connectivity index (χ0) is 15.8. The highest BCUT2D eigenvalue weighted by Crippen LogP contribution is 2.37. The minimum atomic E-state index is 0.991. The third-order valence-electron chi connectivity index (χ3n) is 3.55. The fourth-order valence-electron chi connectivity index (χ4n) is 2.49. The summed E-state index contributed by atoms with van der Waals surface area (Å²) >= 11 is 8.75. The van der Waals surface area contributed by atoms with Crippen LogP contribution < -0.4 is 0 Å². The van der Waals surface area contributed by atoms with E-state index in [1.165, 1.54) is 9.79 Å². The quantitative estimate of drug-likeness (QED) is 0.354. The summed E-state index contributed by atoms with van der Waals surface area (Å²) in [4.78, 5) is 11.3. The van der Waals surface area contributed by atoms with Gasteiger partial charge in [-0.3, -0.25) is 9.97 Å². The van der Waals surface area contributed by atoms with Gasteiger partial charge in [0.2, 0.25) is 0 Å². The van der Waals surface area contributed by atoms with Crippen molar-refractivity contribution in [3.05, 3.63) is 69.9 Å². The first-order chi connectivity index (χ1) is 11.2. The van der Waals surface area contributed by atoms with Gasteiger partial charge in [-0.15, -0.1) is 0 Å². The average Bonchev–Trinajstić information content (AvgIpc) is 2.54. The standard InChI is InChI=1S/C18H10Br2N2S/c19-11-1-3-13-15(9-11)21-7-5-17(13)23-18-6-8-22-16-10-12(20)2-4-14(16)18/h1-10H. The van der Waals surface area contributed by atoms with Gasteiger partial charge in [0, 0.05) is 41.9 Å². The Balaban J connectivity index is 1.85. The van der Waals surface area contributed by atoms with E-state index in [9.17, 15) is 0 Å². The Morgan fingerprint density at radius 1 is 0.652 bits per heavy atom. The molecule has 2 nitrogen and oxygen atoms in total. The molecule has 0 unspecified atom stereocenters. The monoisotopic (exact) mass is 444 g/mol. The molecule has 0 bridgehead atoms. The van der Waals surface area contributed by atoms with Crippen LogP contribution in [0.1, 0.15) is 0 Å². The van der Waals surface area contributed by atoms with E-state index in [-0.39, 0.29) is 0 Å². The molecule has 112 valence electrons. The molecule has 2 aromatic carbocycles. The Morgan fingerprint density at radius 3 is 1.61 bits per heavy atom. The molecule has 0 fully saturated rings. The molecule has 23 heavy (non-hydrogen) atoms. The second-order valence-electron chi connectivity index (χ2n) is 5.04. The minimum absolute atomic E-state index is 0.991. The van der Waals surface area contributed by atoms with Gasteiger partial charge in [0.1, 0.15) is 0 Å². The van der Waals surface area contributed by atoms with Gasteiger partial charge in [-0.1, -0.05) is 55.8 Å². The molecule has 2 aromatic heterocycles. The maximum absolute atomic E-state index is 4.46. The molecule has 0 aliphatic heterocycles. The van der Waals surface area contributed by atoms with E-state index in [2.05, 4.69) is 78.2 Å². The van der Waals surface area contributed by atoms with Gasteiger partial charge < -0.3 is 0 Å². The molecule has 0 radical (unpaired) electrons. The number of pyridine rings is 2. The van der Waals surface area contributed by atoms with Gasteiger partial charge in [-0.05, 0) is 36.4 Å². The van der Waals surface area contributed by atoms with Gasteiger partial charge in [-0.25, -0.2) is 0 Å². The normalized spacial score (nSPS) is 11.2. The van der Waals surface area contributed by atoms with Crippen LogP contribution in [0.3, 0.4) is 0 Å². The zero-order valence-corrected chi connectivity index (χ0v) is 15.8. The predicted molar refractivity (Wildman–Crippen MR) is 103 cm³/mol. The SMILES string of the molecule is Brc1ccc2c(Sc3ccnc4cc(Br)ccc34)ccnc2c1. The van der Waals surface area contributed by atoms with E-state index in [0.29, 0.717) is 0 Å². The zero-order valence-electron chi connectivity index (χ0n) is 11.8. The van der Waals surface area contributed by atoms with Gasteiger partial charge >= 0.3 is 0 Å². The number of nitrogens with zero attached hydrogens (tertiary/aromatic N) is 2. The highest BCUT2D eigenvalue weighted by atomic mass is 79.9. The van der Waals surface area contributed by atoms with Crippen LogP contribution in [0.2, 0.25) is 0 Å². The Bertz CT molecular complexity index is 951. The van der Waals surface area contributed by atoms with Crippen LogP contribution in [-0.2, 0) is 0 Å². The molecule has 0 N–H and O–H groups in total. The van der Waals surface area contributed by atoms with Crippen molar-refractivity contribution in [2.75, 3.05) is 0 Å². The van der Waals surface area contributed by atoms with Crippen molar-refractivity contribution in [2.24, 2.45) is 0 Å². The number of halogens is 2. The minimum Gasteiger partial charge on any atom is -0.256 e. The number of benzene rings is 2. The fourth-order valence-corrected chi connectivity index (χ4v) is 4.24. The lowest BCUT2D eigenvalue weighted by atomic mass is 10.2. The van der Waals surface area contributed by atoms with E-state index in [0.717, 1.165) is 30.8 Å². The van der Waals surface area contributed by atoms with E-state index >= 15 is 0 Å². The van der Waals surface area contributed by atoms with Gasteiger partial charge in [0.25, 0.3) is 0 Å². The van der Waals surface area contributed by atoms with Crippen LogP contribution >= 0.6 is 43.6 Å². The third-order valence-corrected chi connectivity index (χ3v) is 5.69. The molecule has 0 amide bonds.